The van der Waals surface area contributed by atoms with Crippen molar-refractivity contribution in [1.82, 2.24) is 4.90 Å². The van der Waals surface area contributed by atoms with Gasteiger partial charge in [0, 0.05) is 6.54 Å². The van der Waals surface area contributed by atoms with Crippen LogP contribution in [-0.4, -0.2) is 29.9 Å². The predicted molar refractivity (Wildman–Crippen MR) is 83.1 cm³/mol. The molecule has 0 unspecified atom stereocenters. The molecule has 5 heteroatoms. The Labute approximate surface area is 133 Å². The van der Waals surface area contributed by atoms with E-state index in [4.69, 9.17) is 10.00 Å². The third-order valence-corrected chi connectivity index (χ3v) is 3.64. The van der Waals surface area contributed by atoms with E-state index in [0.29, 0.717) is 42.0 Å². The smallest absolute Gasteiger partial charge is 0.261 e. The van der Waals surface area contributed by atoms with Crippen LogP contribution < -0.4 is 4.74 Å². The van der Waals surface area contributed by atoms with E-state index in [9.17, 15) is 9.59 Å². The summed E-state index contributed by atoms with van der Waals surface area (Å²) in [6.45, 7) is 0.673. The van der Waals surface area contributed by atoms with Crippen LogP contribution in [0.25, 0.3) is 0 Å². The van der Waals surface area contributed by atoms with Gasteiger partial charge in [0.25, 0.3) is 11.8 Å². The summed E-state index contributed by atoms with van der Waals surface area (Å²) >= 11 is 0. The highest BCUT2D eigenvalue weighted by Crippen LogP contribution is 2.22. The second-order valence-corrected chi connectivity index (χ2v) is 5.15. The summed E-state index contributed by atoms with van der Waals surface area (Å²) < 4.78 is 5.56. The summed E-state index contributed by atoms with van der Waals surface area (Å²) in [6, 6.07) is 15.7. The molecular weight excluding hydrogens is 292 g/mol. The molecule has 3 rings (SSSR count). The van der Waals surface area contributed by atoms with Gasteiger partial charge in [-0.2, -0.15) is 5.26 Å². The van der Waals surface area contributed by atoms with E-state index in [2.05, 4.69) is 0 Å². The topological polar surface area (TPSA) is 70.4 Å². The number of ether oxygens (including phenoxy) is 1. The zero-order valence-corrected chi connectivity index (χ0v) is 12.4. The van der Waals surface area contributed by atoms with Crippen molar-refractivity contribution in [2.24, 2.45) is 0 Å². The van der Waals surface area contributed by atoms with Gasteiger partial charge in [0.1, 0.15) is 5.75 Å². The lowest BCUT2D eigenvalue weighted by molar-refractivity contribution is 0.0647. The first-order valence-electron chi connectivity index (χ1n) is 7.29. The number of fused-ring (bicyclic) bond motifs is 1. The molecule has 0 radical (unpaired) electrons. The quantitative estimate of drug-likeness (QED) is 0.629. The fourth-order valence-corrected chi connectivity index (χ4v) is 2.51. The van der Waals surface area contributed by atoms with Gasteiger partial charge in [0.2, 0.25) is 0 Å². The average Bonchev–Trinajstić information content (AvgIpc) is 2.84. The number of imide groups is 1. The van der Waals surface area contributed by atoms with Crippen LogP contribution in [0.1, 0.15) is 32.7 Å². The first-order valence-corrected chi connectivity index (χ1v) is 7.29. The van der Waals surface area contributed by atoms with Gasteiger partial charge in [-0.05, 0) is 36.8 Å². The lowest BCUT2D eigenvalue weighted by atomic mass is 10.1. The normalized spacial score (nSPS) is 12.9. The van der Waals surface area contributed by atoms with Crippen molar-refractivity contribution in [3.63, 3.8) is 0 Å². The first kappa shape index (κ1) is 14.8. The van der Waals surface area contributed by atoms with Gasteiger partial charge in [-0.3, -0.25) is 14.5 Å². The van der Waals surface area contributed by atoms with Gasteiger partial charge in [-0.1, -0.05) is 18.2 Å². The summed E-state index contributed by atoms with van der Waals surface area (Å²) in [6.07, 6.45) is 0.530. The van der Waals surface area contributed by atoms with Gasteiger partial charge < -0.3 is 4.74 Å². The highest BCUT2D eigenvalue weighted by atomic mass is 16.5. The van der Waals surface area contributed by atoms with E-state index < -0.39 is 0 Å². The third kappa shape index (κ3) is 2.92. The fraction of sp³-hybridized carbons (Fsp3) is 0.167. The van der Waals surface area contributed by atoms with Crippen LogP contribution in [0.15, 0.2) is 48.5 Å². The number of carbonyl (C=O) groups excluding carboxylic acids is 2. The number of rotatable bonds is 5. The van der Waals surface area contributed by atoms with Crippen LogP contribution >= 0.6 is 0 Å². The molecule has 0 saturated heterocycles. The largest absolute Gasteiger partial charge is 0.493 e. The van der Waals surface area contributed by atoms with Gasteiger partial charge in [-0.15, -0.1) is 0 Å². The Hall–Kier alpha value is -3.13. The Morgan fingerprint density at radius 3 is 2.35 bits per heavy atom. The number of benzene rings is 2. The molecule has 23 heavy (non-hydrogen) atoms. The number of carbonyl (C=O) groups is 2. The Morgan fingerprint density at radius 1 is 1.00 bits per heavy atom. The molecule has 2 amide bonds. The molecule has 0 N–H and O–H groups in total. The van der Waals surface area contributed by atoms with Crippen molar-refractivity contribution in [2.45, 2.75) is 6.42 Å². The Kier molecular flexibility index (Phi) is 4.07. The second kappa shape index (κ2) is 6.32. The van der Waals surface area contributed by atoms with E-state index >= 15 is 0 Å². The van der Waals surface area contributed by atoms with E-state index in [1.54, 1.807) is 48.5 Å². The summed E-state index contributed by atoms with van der Waals surface area (Å²) in [7, 11) is 0. The van der Waals surface area contributed by atoms with E-state index in [1.807, 2.05) is 6.07 Å². The van der Waals surface area contributed by atoms with Crippen LogP contribution in [0, 0.1) is 11.3 Å². The second-order valence-electron chi connectivity index (χ2n) is 5.15. The summed E-state index contributed by atoms with van der Waals surface area (Å²) in [5.74, 6) is 0.0977. The van der Waals surface area contributed by atoms with Crippen molar-refractivity contribution < 1.29 is 14.3 Å². The zero-order valence-electron chi connectivity index (χ0n) is 12.4. The zero-order chi connectivity index (χ0) is 16.2. The first-order chi connectivity index (χ1) is 11.2. The van der Waals surface area contributed by atoms with Crippen molar-refractivity contribution in [3.05, 3.63) is 65.2 Å². The minimum atomic E-state index is -0.253. The highest BCUT2D eigenvalue weighted by Gasteiger charge is 2.34. The van der Waals surface area contributed by atoms with Crippen molar-refractivity contribution in [1.29, 1.82) is 5.26 Å². The van der Waals surface area contributed by atoms with Crippen LogP contribution in [-0.2, 0) is 0 Å². The third-order valence-electron chi connectivity index (χ3n) is 3.64. The molecule has 0 bridgehead atoms. The van der Waals surface area contributed by atoms with E-state index in [-0.39, 0.29) is 11.8 Å². The molecule has 1 aliphatic rings. The number of amides is 2. The lowest BCUT2D eigenvalue weighted by Gasteiger charge is -2.14. The minimum absolute atomic E-state index is 0.253. The average molecular weight is 306 g/mol. The Bertz CT molecular complexity index is 773. The van der Waals surface area contributed by atoms with Crippen molar-refractivity contribution >= 4 is 11.8 Å². The minimum Gasteiger partial charge on any atom is -0.493 e. The maximum absolute atomic E-state index is 12.2. The fourth-order valence-electron chi connectivity index (χ4n) is 2.51. The molecule has 0 spiro atoms. The monoisotopic (exact) mass is 306 g/mol. The van der Waals surface area contributed by atoms with Crippen LogP contribution in [0.5, 0.6) is 5.75 Å². The van der Waals surface area contributed by atoms with Crippen LogP contribution in [0.2, 0.25) is 0 Å². The molecule has 2 aromatic carbocycles. The van der Waals surface area contributed by atoms with Crippen LogP contribution in [0.3, 0.4) is 0 Å². The van der Waals surface area contributed by atoms with Gasteiger partial charge in [-0.25, -0.2) is 0 Å². The van der Waals surface area contributed by atoms with E-state index in [1.165, 1.54) is 4.90 Å². The van der Waals surface area contributed by atoms with Crippen molar-refractivity contribution in [3.8, 4) is 11.8 Å². The maximum atomic E-state index is 12.2. The number of nitrogens with zero attached hydrogens (tertiary/aromatic N) is 2. The summed E-state index contributed by atoms with van der Waals surface area (Å²) in [5.41, 5.74) is 1.45. The predicted octanol–water partition coefficient (Wildman–Crippen LogP) is 2.62. The number of hydrogen-bond donors (Lipinski definition) is 0. The summed E-state index contributed by atoms with van der Waals surface area (Å²) in [5, 5.41) is 8.83. The molecule has 0 aliphatic carbocycles. The molecule has 1 heterocycles. The molecule has 0 aromatic heterocycles. The van der Waals surface area contributed by atoms with Crippen LogP contribution in [0.4, 0.5) is 0 Å². The van der Waals surface area contributed by atoms with Crippen molar-refractivity contribution in [2.75, 3.05) is 13.2 Å². The maximum Gasteiger partial charge on any atom is 0.261 e. The molecule has 0 fully saturated rings. The molecule has 2 aromatic rings. The molecule has 1 aliphatic heterocycles. The van der Waals surface area contributed by atoms with Gasteiger partial charge in [0.15, 0.2) is 0 Å². The number of nitriles is 1. The molecule has 5 nitrogen and oxygen atoms in total. The van der Waals surface area contributed by atoms with Gasteiger partial charge in [0.05, 0.1) is 29.4 Å². The molecule has 0 saturated carbocycles. The lowest BCUT2D eigenvalue weighted by Crippen LogP contribution is -2.31. The van der Waals surface area contributed by atoms with Gasteiger partial charge >= 0.3 is 0 Å². The molecule has 114 valence electrons. The Morgan fingerprint density at radius 2 is 1.70 bits per heavy atom. The summed E-state index contributed by atoms with van der Waals surface area (Å²) in [4.78, 5) is 25.6. The van der Waals surface area contributed by atoms with E-state index in [0.717, 1.165) is 0 Å². The Balaban J connectivity index is 1.55. The molecular formula is C18H14N2O3. The highest BCUT2D eigenvalue weighted by molar-refractivity contribution is 6.21. The SMILES string of the molecule is N#Cc1cccc(OCCCN2C(=O)c3ccccc3C2=O)c1. The standard InChI is InChI=1S/C18H14N2O3/c19-12-13-5-3-6-14(11-13)23-10-4-9-20-17(21)15-7-1-2-8-16(15)18(20)22/h1-3,5-8,11H,4,9-10H2. The number of hydrogen-bond acceptors (Lipinski definition) is 4. The molecule has 0 atom stereocenters.